The van der Waals surface area contributed by atoms with Crippen molar-refractivity contribution in [2.24, 2.45) is 0 Å². The normalized spacial score (nSPS) is 13.3. The molecule has 5 heteroatoms. The lowest BCUT2D eigenvalue weighted by atomic mass is 9.95. The fourth-order valence-electron chi connectivity index (χ4n) is 6.55. The number of hydrogen-bond acceptors (Lipinski definition) is 5. The molecule has 7 aromatic carbocycles. The van der Waals surface area contributed by atoms with Gasteiger partial charge in [0, 0.05) is 47.6 Å². The van der Waals surface area contributed by atoms with Gasteiger partial charge in [-0.25, -0.2) is 15.0 Å². The molecule has 3 aromatic heterocycles. The van der Waals surface area contributed by atoms with E-state index >= 15 is 0 Å². The van der Waals surface area contributed by atoms with Gasteiger partial charge in [-0.15, -0.1) is 11.3 Å². The van der Waals surface area contributed by atoms with E-state index in [1.807, 2.05) is 127 Å². The minimum Gasteiger partial charge on any atom is -0.456 e. The summed E-state index contributed by atoms with van der Waals surface area (Å²) in [4.78, 5) is 14.6. The first kappa shape index (κ1) is 23.0. The Bertz CT molecular complexity index is 3220. The van der Waals surface area contributed by atoms with Crippen LogP contribution in [0.25, 0.3) is 98.5 Å². The largest absolute Gasteiger partial charge is 0.456 e. The van der Waals surface area contributed by atoms with E-state index in [9.17, 15) is 5.48 Å². The van der Waals surface area contributed by atoms with Gasteiger partial charge in [-0.05, 0) is 52.5 Å². The summed E-state index contributed by atoms with van der Waals surface area (Å²) in [6, 6.07) is 39.3. The van der Waals surface area contributed by atoms with E-state index in [4.69, 9.17) is 22.1 Å². The molecule has 50 heavy (non-hydrogen) atoms. The molecule has 3 heterocycles. The molecule has 0 bridgehead atoms. The zero-order valence-electron chi connectivity index (χ0n) is 32.3. The molecular formula is C45H27N3OS. The van der Waals surface area contributed by atoms with Crippen molar-refractivity contribution < 1.29 is 12.6 Å². The molecule has 0 fully saturated rings. The zero-order chi connectivity index (χ0) is 38.2. The Labute approximate surface area is 300 Å². The lowest BCUT2D eigenvalue weighted by Gasteiger charge is -2.10. The topological polar surface area (TPSA) is 51.8 Å². The smallest absolute Gasteiger partial charge is 0.164 e. The Morgan fingerprint density at radius 1 is 0.460 bits per heavy atom. The molecule has 0 saturated heterocycles. The number of thiophene rings is 1. The van der Waals surface area contributed by atoms with Crippen LogP contribution in [0.15, 0.2) is 168 Å². The highest BCUT2D eigenvalue weighted by molar-refractivity contribution is 7.26. The molecule has 4 nitrogen and oxygen atoms in total. The standard InChI is InChI=1S/C45H27N3OS/c1-3-12-28(13-4-1)30-16-9-17-31(26-30)44-46-43(29-14-5-2-6-15-29)47-45(48-44)32-24-25-36-40(27-32)50-39-23-11-20-34(42(36)39)33-19-10-22-38-41(33)35-18-7-8-21-37(35)49-38/h1-27H/i11D,20D,23D,24D,25D,27D. The molecule has 0 radical (unpaired) electrons. The molecule has 0 unspecified atom stereocenters. The molecule has 0 aliphatic heterocycles. The van der Waals surface area contributed by atoms with Gasteiger partial charge in [-0.3, -0.25) is 0 Å². The first-order valence-corrected chi connectivity index (χ1v) is 16.9. The highest BCUT2D eigenvalue weighted by atomic mass is 32.1. The number of nitrogens with zero attached hydrogens (tertiary/aromatic N) is 3. The highest BCUT2D eigenvalue weighted by Gasteiger charge is 2.18. The van der Waals surface area contributed by atoms with E-state index < -0.39 is 0 Å². The van der Waals surface area contributed by atoms with Crippen molar-refractivity contribution in [1.82, 2.24) is 15.0 Å². The molecule has 0 N–H and O–H groups in total. The first-order valence-electron chi connectivity index (χ1n) is 19.1. The fourth-order valence-corrected chi connectivity index (χ4v) is 7.57. The van der Waals surface area contributed by atoms with Crippen LogP contribution in [0.5, 0.6) is 0 Å². The van der Waals surface area contributed by atoms with Gasteiger partial charge in [0.25, 0.3) is 0 Å². The molecule has 0 atom stereocenters. The van der Waals surface area contributed by atoms with Gasteiger partial charge in [0.15, 0.2) is 17.5 Å². The maximum Gasteiger partial charge on any atom is 0.164 e. The van der Waals surface area contributed by atoms with Crippen LogP contribution >= 0.6 is 11.3 Å². The maximum absolute atomic E-state index is 9.65. The number of benzene rings is 7. The average molecular weight is 664 g/mol. The third kappa shape index (κ3) is 4.79. The summed E-state index contributed by atoms with van der Waals surface area (Å²) < 4.78 is 62.6. The summed E-state index contributed by atoms with van der Waals surface area (Å²) >= 11 is 1.11. The third-order valence-corrected chi connectivity index (χ3v) is 9.88. The van der Waals surface area contributed by atoms with Gasteiger partial charge in [-0.1, -0.05) is 133 Å². The summed E-state index contributed by atoms with van der Waals surface area (Å²) in [5.41, 5.74) is 5.74. The van der Waals surface area contributed by atoms with Crippen molar-refractivity contribution in [2.45, 2.75) is 0 Å². The lowest BCUT2D eigenvalue weighted by molar-refractivity contribution is 0.669. The van der Waals surface area contributed by atoms with Gasteiger partial charge in [-0.2, -0.15) is 0 Å². The van der Waals surface area contributed by atoms with E-state index in [-0.39, 0.29) is 53.0 Å². The second-order valence-electron chi connectivity index (χ2n) is 11.9. The van der Waals surface area contributed by atoms with Crippen LogP contribution in [0.3, 0.4) is 0 Å². The summed E-state index contributed by atoms with van der Waals surface area (Å²) in [6.07, 6.45) is 0. The predicted molar refractivity (Wildman–Crippen MR) is 207 cm³/mol. The molecule has 0 amide bonds. The van der Waals surface area contributed by atoms with Crippen LogP contribution in [0.2, 0.25) is 0 Å². The average Bonchev–Trinajstić information content (AvgIpc) is 3.83. The summed E-state index contributed by atoms with van der Waals surface area (Å²) in [5, 5.41) is 2.25. The molecular weight excluding hydrogens is 631 g/mol. The second-order valence-corrected chi connectivity index (χ2v) is 12.9. The molecule has 234 valence electrons. The van der Waals surface area contributed by atoms with E-state index in [0.717, 1.165) is 44.4 Å². The first-order chi connectivity index (χ1) is 27.3. The molecule has 0 aliphatic carbocycles. The van der Waals surface area contributed by atoms with E-state index in [1.54, 1.807) is 0 Å². The van der Waals surface area contributed by atoms with Gasteiger partial charge in [0.1, 0.15) is 11.2 Å². The molecule has 0 saturated carbocycles. The maximum atomic E-state index is 9.65. The number of rotatable bonds is 5. The van der Waals surface area contributed by atoms with Gasteiger partial charge >= 0.3 is 0 Å². The monoisotopic (exact) mass is 663 g/mol. The van der Waals surface area contributed by atoms with Crippen molar-refractivity contribution in [3.05, 3.63) is 164 Å². The summed E-state index contributed by atoms with van der Waals surface area (Å²) in [6.45, 7) is 0. The van der Waals surface area contributed by atoms with E-state index in [1.165, 1.54) is 0 Å². The number of hydrogen-bond donors (Lipinski definition) is 0. The molecule has 0 aliphatic rings. The molecule has 10 rings (SSSR count). The van der Waals surface area contributed by atoms with E-state index in [2.05, 4.69) is 0 Å². The van der Waals surface area contributed by atoms with Crippen molar-refractivity contribution in [2.75, 3.05) is 0 Å². The Morgan fingerprint density at radius 3 is 1.96 bits per heavy atom. The van der Waals surface area contributed by atoms with Crippen LogP contribution in [-0.4, -0.2) is 15.0 Å². The van der Waals surface area contributed by atoms with E-state index in [0.29, 0.717) is 48.7 Å². The van der Waals surface area contributed by atoms with Crippen LogP contribution in [0, 0.1) is 0 Å². The van der Waals surface area contributed by atoms with Crippen molar-refractivity contribution in [1.29, 1.82) is 0 Å². The lowest BCUT2D eigenvalue weighted by Crippen LogP contribution is -2.00. The highest BCUT2D eigenvalue weighted by Crippen LogP contribution is 2.44. The quantitative estimate of drug-likeness (QED) is 0.184. The fraction of sp³-hybridized carbons (Fsp3) is 0. The minimum atomic E-state index is -0.263. The van der Waals surface area contributed by atoms with Gasteiger partial charge in [0.2, 0.25) is 0 Å². The molecule has 10 aromatic rings. The summed E-state index contributed by atoms with van der Waals surface area (Å²) in [7, 11) is 0. The van der Waals surface area contributed by atoms with Crippen LogP contribution < -0.4 is 0 Å². The molecule has 0 spiro atoms. The van der Waals surface area contributed by atoms with Gasteiger partial charge < -0.3 is 4.42 Å². The Morgan fingerprint density at radius 2 is 1.12 bits per heavy atom. The Balaban J connectivity index is 1.25. The second kappa shape index (κ2) is 11.6. The predicted octanol–water partition coefficient (Wildman–Crippen LogP) is 12.5. The number of fused-ring (bicyclic) bond motifs is 6. The number of aromatic nitrogens is 3. The number of para-hydroxylation sites is 1. The number of furan rings is 1. The zero-order valence-corrected chi connectivity index (χ0v) is 27.1. The van der Waals surface area contributed by atoms with Crippen molar-refractivity contribution in [3.8, 4) is 56.4 Å². The van der Waals surface area contributed by atoms with Crippen LogP contribution in [0.1, 0.15) is 8.22 Å². The minimum absolute atomic E-state index is 0.0577. The van der Waals surface area contributed by atoms with Crippen molar-refractivity contribution in [3.63, 3.8) is 0 Å². The third-order valence-electron chi connectivity index (χ3n) is 8.86. The van der Waals surface area contributed by atoms with Crippen molar-refractivity contribution >= 4 is 53.4 Å². The van der Waals surface area contributed by atoms with Gasteiger partial charge in [0.05, 0.1) is 8.22 Å². The van der Waals surface area contributed by atoms with Crippen LogP contribution in [-0.2, 0) is 0 Å². The van der Waals surface area contributed by atoms with Crippen LogP contribution in [0.4, 0.5) is 0 Å². The Hall–Kier alpha value is -6.43. The summed E-state index contributed by atoms with van der Waals surface area (Å²) in [5.74, 6) is 0.777. The Kier molecular flexibility index (Phi) is 5.35. The SMILES string of the molecule is [2H]c1c([2H])c(-c2cccc3oc4ccccc4c23)c2c(sc3c([2H])c(-c4nc(-c5ccccc5)nc(-c5cccc(-c6ccccc6)c5)n4)c([2H])c([2H])c32)c1[2H].